The van der Waals surface area contributed by atoms with Crippen molar-refractivity contribution >= 4 is 11.5 Å². The maximum absolute atomic E-state index is 13.5. The zero-order chi connectivity index (χ0) is 22.4. The SMILES string of the molecule is N=N/C(=C\Nc1ccc(F)c(OC(F)F)c1)COc1nccc(NC2CC(F)(F)C2)n1. The van der Waals surface area contributed by atoms with E-state index in [-0.39, 0.29) is 36.8 Å². The van der Waals surface area contributed by atoms with Gasteiger partial charge in [-0.1, -0.05) is 0 Å². The fraction of sp³-hybridized carbons (Fsp3) is 0.333. The lowest BCUT2D eigenvalue weighted by Crippen LogP contribution is -2.44. The highest BCUT2D eigenvalue weighted by Gasteiger charge is 2.45. The third-order valence-corrected chi connectivity index (χ3v) is 4.12. The summed E-state index contributed by atoms with van der Waals surface area (Å²) in [6, 6.07) is 4.27. The van der Waals surface area contributed by atoms with Gasteiger partial charge in [-0.2, -0.15) is 18.9 Å². The quantitative estimate of drug-likeness (QED) is 0.360. The molecule has 8 nitrogen and oxygen atoms in total. The zero-order valence-corrected chi connectivity index (χ0v) is 15.8. The number of nitrogens with zero attached hydrogens (tertiary/aromatic N) is 3. The first kappa shape index (κ1) is 22.2. The van der Waals surface area contributed by atoms with Gasteiger partial charge >= 0.3 is 12.6 Å². The predicted molar refractivity (Wildman–Crippen MR) is 99.0 cm³/mol. The van der Waals surface area contributed by atoms with E-state index in [2.05, 4.69) is 30.5 Å². The van der Waals surface area contributed by atoms with E-state index in [9.17, 15) is 22.0 Å². The molecule has 0 aliphatic heterocycles. The first-order valence-electron chi connectivity index (χ1n) is 8.92. The molecule has 0 bridgehead atoms. The van der Waals surface area contributed by atoms with Gasteiger partial charge in [-0.3, -0.25) is 0 Å². The molecule has 0 unspecified atom stereocenters. The molecule has 0 radical (unpaired) electrons. The molecule has 166 valence electrons. The fourth-order valence-corrected chi connectivity index (χ4v) is 2.65. The van der Waals surface area contributed by atoms with Crippen LogP contribution in [0.1, 0.15) is 12.8 Å². The Bertz CT molecular complexity index is 951. The van der Waals surface area contributed by atoms with Gasteiger partial charge in [0.05, 0.1) is 0 Å². The number of aromatic nitrogens is 2. The fourth-order valence-electron chi connectivity index (χ4n) is 2.65. The Balaban J connectivity index is 1.56. The van der Waals surface area contributed by atoms with Crippen LogP contribution in [0.2, 0.25) is 0 Å². The second kappa shape index (κ2) is 9.53. The number of hydrogen-bond acceptors (Lipinski definition) is 8. The Labute approximate surface area is 173 Å². The second-order valence-corrected chi connectivity index (χ2v) is 6.53. The predicted octanol–water partition coefficient (Wildman–Crippen LogP) is 4.79. The van der Waals surface area contributed by atoms with Gasteiger partial charge in [0.15, 0.2) is 11.6 Å². The smallest absolute Gasteiger partial charge is 0.387 e. The van der Waals surface area contributed by atoms with Gasteiger partial charge in [0.2, 0.25) is 0 Å². The summed E-state index contributed by atoms with van der Waals surface area (Å²) in [5.74, 6) is -3.95. The number of benzene rings is 1. The van der Waals surface area contributed by atoms with Crippen LogP contribution in [0.4, 0.5) is 33.5 Å². The van der Waals surface area contributed by atoms with E-state index in [1.807, 2.05) is 0 Å². The van der Waals surface area contributed by atoms with Crippen molar-refractivity contribution in [1.29, 1.82) is 5.53 Å². The summed E-state index contributed by atoms with van der Waals surface area (Å²) in [5.41, 5.74) is 7.47. The van der Waals surface area contributed by atoms with Crippen LogP contribution in [-0.4, -0.2) is 35.2 Å². The molecule has 3 rings (SSSR count). The number of ether oxygens (including phenoxy) is 2. The molecule has 0 atom stereocenters. The highest BCUT2D eigenvalue weighted by Crippen LogP contribution is 2.38. The lowest BCUT2D eigenvalue weighted by Gasteiger charge is -2.35. The second-order valence-electron chi connectivity index (χ2n) is 6.53. The lowest BCUT2D eigenvalue weighted by molar-refractivity contribution is -0.0794. The van der Waals surface area contributed by atoms with Crippen LogP contribution in [-0.2, 0) is 0 Å². The zero-order valence-electron chi connectivity index (χ0n) is 15.8. The topological polar surface area (TPSA) is 105 Å². The van der Waals surface area contributed by atoms with Gasteiger partial charge in [0.1, 0.15) is 18.1 Å². The molecule has 1 aliphatic rings. The van der Waals surface area contributed by atoms with E-state index < -0.39 is 30.1 Å². The summed E-state index contributed by atoms with van der Waals surface area (Å²) in [5, 5.41) is 8.77. The molecule has 31 heavy (non-hydrogen) atoms. The Morgan fingerprint density at radius 3 is 2.77 bits per heavy atom. The molecule has 1 saturated carbocycles. The summed E-state index contributed by atoms with van der Waals surface area (Å²) < 4.78 is 73.3. The minimum Gasteiger partial charge on any atom is -0.457 e. The van der Waals surface area contributed by atoms with Crippen molar-refractivity contribution in [2.75, 3.05) is 17.2 Å². The van der Waals surface area contributed by atoms with Gasteiger partial charge in [0.25, 0.3) is 5.92 Å². The Morgan fingerprint density at radius 1 is 1.32 bits per heavy atom. The van der Waals surface area contributed by atoms with Crippen LogP contribution in [0.25, 0.3) is 0 Å². The molecule has 1 heterocycles. The number of nitrogens with one attached hydrogen (secondary N) is 3. The monoisotopic (exact) mass is 444 g/mol. The minimum absolute atomic E-state index is 0.0694. The molecular weight excluding hydrogens is 427 g/mol. The van der Waals surface area contributed by atoms with Crippen molar-refractivity contribution in [1.82, 2.24) is 9.97 Å². The average molecular weight is 444 g/mol. The van der Waals surface area contributed by atoms with Crippen LogP contribution >= 0.6 is 0 Å². The maximum Gasteiger partial charge on any atom is 0.387 e. The van der Waals surface area contributed by atoms with Crippen molar-refractivity contribution in [3.8, 4) is 11.8 Å². The summed E-state index contributed by atoms with van der Waals surface area (Å²) in [6.45, 7) is -3.42. The third-order valence-electron chi connectivity index (χ3n) is 4.12. The van der Waals surface area contributed by atoms with E-state index in [4.69, 9.17) is 10.3 Å². The van der Waals surface area contributed by atoms with Gasteiger partial charge in [-0.05, 0) is 18.2 Å². The molecule has 1 aliphatic carbocycles. The number of rotatable bonds is 10. The van der Waals surface area contributed by atoms with Crippen molar-refractivity contribution < 1.29 is 31.4 Å². The summed E-state index contributed by atoms with van der Waals surface area (Å²) in [7, 11) is 0. The Hall–Kier alpha value is -3.51. The van der Waals surface area contributed by atoms with Crippen LogP contribution in [0.15, 0.2) is 47.5 Å². The van der Waals surface area contributed by atoms with Crippen molar-refractivity contribution in [2.24, 2.45) is 5.11 Å². The highest BCUT2D eigenvalue weighted by atomic mass is 19.3. The lowest BCUT2D eigenvalue weighted by atomic mass is 9.88. The maximum atomic E-state index is 13.5. The number of halogens is 5. The largest absolute Gasteiger partial charge is 0.457 e. The first-order chi connectivity index (χ1) is 14.7. The molecule has 3 N–H and O–H groups in total. The first-order valence-corrected chi connectivity index (χ1v) is 8.92. The highest BCUT2D eigenvalue weighted by molar-refractivity contribution is 5.51. The van der Waals surface area contributed by atoms with E-state index in [1.165, 1.54) is 24.5 Å². The summed E-state index contributed by atoms with van der Waals surface area (Å²) in [4.78, 5) is 7.94. The number of alkyl halides is 4. The van der Waals surface area contributed by atoms with E-state index in [1.54, 1.807) is 0 Å². The van der Waals surface area contributed by atoms with Crippen LogP contribution < -0.4 is 20.1 Å². The number of hydrogen-bond donors (Lipinski definition) is 3. The van der Waals surface area contributed by atoms with Crippen molar-refractivity contribution in [3.05, 3.63) is 48.2 Å². The van der Waals surface area contributed by atoms with Gasteiger partial charge < -0.3 is 20.1 Å². The Morgan fingerprint density at radius 2 is 2.10 bits per heavy atom. The molecule has 1 fully saturated rings. The molecule has 1 aromatic heterocycles. The van der Waals surface area contributed by atoms with Crippen LogP contribution in [0, 0.1) is 11.3 Å². The third kappa shape index (κ3) is 6.49. The van der Waals surface area contributed by atoms with Crippen molar-refractivity contribution in [2.45, 2.75) is 31.4 Å². The molecule has 1 aromatic carbocycles. The van der Waals surface area contributed by atoms with Crippen LogP contribution in [0.3, 0.4) is 0 Å². The minimum atomic E-state index is -3.18. The number of anilines is 2. The molecule has 0 spiro atoms. The summed E-state index contributed by atoms with van der Waals surface area (Å²) in [6.07, 6.45) is 2.06. The molecule has 0 amide bonds. The standard InChI is InChI=1S/C18H17F5N6O2/c19-13-2-1-10(5-14(13)31-16(20)21)26-8-12(29-24)9-30-17-25-4-3-15(28-17)27-11-6-18(22,23)7-11/h1-5,8,11,16,24,26H,6-7,9H2,(H,25,27,28)/b12-8-,29-24?. The van der Waals surface area contributed by atoms with E-state index in [0.717, 1.165) is 12.1 Å². The van der Waals surface area contributed by atoms with E-state index >= 15 is 0 Å². The van der Waals surface area contributed by atoms with Gasteiger partial charge in [0, 0.05) is 43.0 Å². The van der Waals surface area contributed by atoms with Gasteiger partial charge in [-0.25, -0.2) is 23.7 Å². The average Bonchev–Trinajstić information content (AvgIpc) is 2.69. The Kier molecular flexibility index (Phi) is 6.82. The molecule has 0 saturated heterocycles. The normalized spacial score (nSPS) is 15.9. The van der Waals surface area contributed by atoms with E-state index in [0.29, 0.717) is 5.82 Å². The molecule has 13 heteroatoms. The van der Waals surface area contributed by atoms with Crippen LogP contribution in [0.5, 0.6) is 11.8 Å². The van der Waals surface area contributed by atoms with Crippen molar-refractivity contribution in [3.63, 3.8) is 0 Å². The molecule has 2 aromatic rings. The van der Waals surface area contributed by atoms with Gasteiger partial charge in [-0.15, -0.1) is 0 Å². The summed E-state index contributed by atoms with van der Waals surface area (Å²) >= 11 is 0. The molecular formula is C18H17F5N6O2.